The van der Waals surface area contributed by atoms with Crippen molar-refractivity contribution in [2.45, 2.75) is 41.5 Å². The van der Waals surface area contributed by atoms with Gasteiger partial charge in [-0.05, 0) is 47.2 Å². The second-order valence-corrected chi connectivity index (χ2v) is 8.37. The lowest BCUT2D eigenvalue weighted by molar-refractivity contribution is 0.0801. The highest BCUT2D eigenvalue weighted by Crippen LogP contribution is 2.34. The second kappa shape index (κ2) is 18.6. The largest absolute Gasteiger partial charge is 0.399 e. The van der Waals surface area contributed by atoms with E-state index in [2.05, 4.69) is 12.1 Å². The molecule has 0 spiro atoms. The average Bonchev–Trinajstić information content (AvgIpc) is 3.04. The zero-order valence-electron chi connectivity index (χ0n) is 25.2. The van der Waals surface area contributed by atoms with Crippen LogP contribution in [-0.4, -0.2) is 11.6 Å². The van der Waals surface area contributed by atoms with Crippen molar-refractivity contribution in [2.75, 3.05) is 11.5 Å². The van der Waals surface area contributed by atoms with E-state index in [-0.39, 0.29) is 17.5 Å². The Morgan fingerprint density at radius 2 is 1.00 bits per heavy atom. The monoisotopic (exact) mass is 551 g/mol. The molecule has 0 fully saturated rings. The van der Waals surface area contributed by atoms with Crippen molar-refractivity contribution >= 4 is 33.7 Å². The highest BCUT2D eigenvalue weighted by atomic mass is 16.1. The van der Waals surface area contributed by atoms with E-state index < -0.39 is 5.92 Å². The van der Waals surface area contributed by atoms with E-state index in [9.17, 15) is 9.59 Å². The molecule has 2 atom stereocenters. The molecule has 2 unspecified atom stereocenters. The van der Waals surface area contributed by atoms with E-state index in [0.29, 0.717) is 16.8 Å². The van der Waals surface area contributed by atoms with Gasteiger partial charge in [-0.25, -0.2) is 0 Å². The molecular weight excluding hydrogens is 506 g/mol. The Hall–Kier alpha value is -4.64. The molecule has 0 saturated heterocycles. The van der Waals surface area contributed by atoms with E-state index in [0.717, 1.165) is 11.4 Å². The molecule has 0 aromatic heterocycles. The van der Waals surface area contributed by atoms with Gasteiger partial charge < -0.3 is 17.2 Å². The molecule has 0 bridgehead atoms. The molecule has 6 N–H and O–H groups in total. The topological polar surface area (TPSA) is 112 Å². The van der Waals surface area contributed by atoms with Gasteiger partial charge in [0.05, 0.1) is 11.8 Å². The molecule has 41 heavy (non-hydrogen) atoms. The first kappa shape index (κ1) is 34.4. The van der Waals surface area contributed by atoms with Gasteiger partial charge in [0, 0.05) is 28.2 Å². The van der Waals surface area contributed by atoms with Crippen LogP contribution in [0.5, 0.6) is 0 Å². The summed E-state index contributed by atoms with van der Waals surface area (Å²) < 4.78 is 0. The number of para-hydroxylation sites is 1. The third kappa shape index (κ3) is 9.80. The summed E-state index contributed by atoms with van der Waals surface area (Å²) in [6, 6.07) is 30.6. The molecule has 216 valence electrons. The summed E-state index contributed by atoms with van der Waals surface area (Å²) in [5.41, 5.74) is 19.9. The predicted molar refractivity (Wildman–Crippen MR) is 177 cm³/mol. The zero-order chi connectivity index (χ0) is 30.8. The first-order valence-electron chi connectivity index (χ1n) is 14.3. The minimum absolute atomic E-state index is 0.00481. The third-order valence-corrected chi connectivity index (χ3v) is 5.89. The summed E-state index contributed by atoms with van der Waals surface area (Å²) in [4.78, 5) is 24.5. The third-order valence-electron chi connectivity index (χ3n) is 5.89. The quantitative estimate of drug-likeness (QED) is 0.190. The Morgan fingerprint density at radius 1 is 0.512 bits per heavy atom. The van der Waals surface area contributed by atoms with Crippen LogP contribution in [-0.2, 0) is 0 Å². The molecule has 4 aromatic carbocycles. The fourth-order valence-corrected chi connectivity index (χ4v) is 4.12. The van der Waals surface area contributed by atoms with Gasteiger partial charge in [-0.1, -0.05) is 120 Å². The lowest BCUT2D eigenvalue weighted by Gasteiger charge is -2.28. The number of carbonyl (C=O) groups is 2. The SMILES string of the molecule is CC.CC.CC.NC1=CC2C(=O)c3ccccc3C(=O)C2C=C1.Nc1ccc2ccccc2c1.Nc1ccccc1. The van der Waals surface area contributed by atoms with Gasteiger partial charge in [-0.2, -0.15) is 0 Å². The summed E-state index contributed by atoms with van der Waals surface area (Å²) in [7, 11) is 0. The summed E-state index contributed by atoms with van der Waals surface area (Å²) in [6.07, 6.45) is 5.11. The molecular formula is C36H45N3O2. The van der Waals surface area contributed by atoms with Crippen LogP contribution in [0.1, 0.15) is 62.3 Å². The smallest absolute Gasteiger partial charge is 0.171 e. The maximum Gasteiger partial charge on any atom is 0.171 e. The Bertz CT molecular complexity index is 1430. The number of carbonyl (C=O) groups excluding carboxylic acids is 2. The highest BCUT2D eigenvalue weighted by Gasteiger charge is 2.39. The van der Waals surface area contributed by atoms with Gasteiger partial charge in [-0.15, -0.1) is 0 Å². The molecule has 5 heteroatoms. The normalized spacial score (nSPS) is 15.5. The van der Waals surface area contributed by atoms with Crippen molar-refractivity contribution in [1.82, 2.24) is 0 Å². The Morgan fingerprint density at radius 3 is 1.54 bits per heavy atom. The van der Waals surface area contributed by atoms with E-state index in [1.165, 1.54) is 10.8 Å². The summed E-state index contributed by atoms with van der Waals surface area (Å²) >= 11 is 0. The lowest BCUT2D eigenvalue weighted by atomic mass is 9.72. The number of hydrogen-bond donors (Lipinski definition) is 3. The van der Waals surface area contributed by atoms with E-state index >= 15 is 0 Å². The van der Waals surface area contributed by atoms with Gasteiger partial charge in [0.15, 0.2) is 11.6 Å². The van der Waals surface area contributed by atoms with Crippen LogP contribution in [0.3, 0.4) is 0 Å². The minimum Gasteiger partial charge on any atom is -0.399 e. The average molecular weight is 552 g/mol. The molecule has 2 aliphatic carbocycles. The number of fused-ring (bicyclic) bond motifs is 3. The Balaban J connectivity index is 0.000000302. The van der Waals surface area contributed by atoms with Gasteiger partial charge in [-0.3, -0.25) is 9.59 Å². The number of Topliss-reactive ketones (excluding diaryl/α,β-unsaturated/α-hetero) is 2. The van der Waals surface area contributed by atoms with E-state index in [4.69, 9.17) is 17.2 Å². The van der Waals surface area contributed by atoms with Crippen LogP contribution in [0.2, 0.25) is 0 Å². The maximum atomic E-state index is 12.3. The number of hydrogen-bond acceptors (Lipinski definition) is 5. The van der Waals surface area contributed by atoms with Crippen LogP contribution in [0.15, 0.2) is 121 Å². The summed E-state index contributed by atoms with van der Waals surface area (Å²) in [6.45, 7) is 12.0. The fourth-order valence-electron chi connectivity index (χ4n) is 4.12. The van der Waals surface area contributed by atoms with E-state index in [1.807, 2.05) is 102 Å². The number of allylic oxidation sites excluding steroid dienone is 3. The molecule has 6 rings (SSSR count). The number of benzene rings is 4. The van der Waals surface area contributed by atoms with Crippen molar-refractivity contribution in [2.24, 2.45) is 17.6 Å². The standard InChI is InChI=1S/C14H11NO2.C10H9N.C6H7N.3C2H6/c15-8-5-6-11-12(7-8)14(17)10-4-2-1-3-9(10)13(11)16;11-10-6-5-8-3-1-2-4-9(8)7-10;7-6-4-2-1-3-5-6;3*1-2/h1-7,11-12H,15H2;1-7H,11H2;1-5H,7H2;3*1-2H3. The fraction of sp³-hybridized carbons (Fsp3) is 0.222. The molecule has 0 amide bonds. The van der Waals surface area contributed by atoms with Gasteiger partial charge in [0.1, 0.15) is 0 Å². The van der Waals surface area contributed by atoms with E-state index in [1.54, 1.807) is 42.5 Å². The van der Waals surface area contributed by atoms with Crippen molar-refractivity contribution in [3.8, 4) is 0 Å². The van der Waals surface area contributed by atoms with Gasteiger partial charge >= 0.3 is 0 Å². The van der Waals surface area contributed by atoms with Crippen molar-refractivity contribution in [1.29, 1.82) is 0 Å². The number of anilines is 2. The van der Waals surface area contributed by atoms with Crippen LogP contribution in [0, 0.1) is 11.8 Å². The zero-order valence-corrected chi connectivity index (χ0v) is 25.2. The molecule has 2 aliphatic rings. The number of nitrogens with two attached hydrogens (primary N) is 3. The van der Waals surface area contributed by atoms with Crippen molar-refractivity contribution < 1.29 is 9.59 Å². The van der Waals surface area contributed by atoms with Crippen LogP contribution in [0.25, 0.3) is 10.8 Å². The second-order valence-electron chi connectivity index (χ2n) is 8.37. The van der Waals surface area contributed by atoms with Crippen LogP contribution < -0.4 is 17.2 Å². The first-order chi connectivity index (χ1) is 19.9. The van der Waals surface area contributed by atoms with Crippen LogP contribution in [0.4, 0.5) is 11.4 Å². The molecule has 0 heterocycles. The first-order valence-corrected chi connectivity index (χ1v) is 14.3. The molecule has 5 nitrogen and oxygen atoms in total. The minimum atomic E-state index is -0.428. The number of rotatable bonds is 0. The lowest BCUT2D eigenvalue weighted by Crippen LogP contribution is -2.36. The molecule has 0 aliphatic heterocycles. The predicted octanol–water partition coefficient (Wildman–Crippen LogP) is 8.48. The molecule has 0 saturated carbocycles. The number of ketones is 2. The molecule has 4 aromatic rings. The van der Waals surface area contributed by atoms with Gasteiger partial charge in [0.2, 0.25) is 0 Å². The van der Waals surface area contributed by atoms with Crippen molar-refractivity contribution in [3.05, 3.63) is 132 Å². The molecule has 0 radical (unpaired) electrons. The Labute approximate surface area is 245 Å². The maximum absolute atomic E-state index is 12.3. The summed E-state index contributed by atoms with van der Waals surface area (Å²) in [5.74, 6) is -0.824. The van der Waals surface area contributed by atoms with Gasteiger partial charge in [0.25, 0.3) is 0 Å². The summed E-state index contributed by atoms with van der Waals surface area (Å²) in [5, 5.41) is 2.44. The Kier molecular flexibility index (Phi) is 15.6. The highest BCUT2D eigenvalue weighted by molar-refractivity contribution is 6.17. The number of nitrogen functional groups attached to an aromatic ring is 2. The van der Waals surface area contributed by atoms with Crippen LogP contribution >= 0.6 is 0 Å². The van der Waals surface area contributed by atoms with Crippen molar-refractivity contribution in [3.63, 3.8) is 0 Å².